The second-order valence-corrected chi connectivity index (χ2v) is 4.62. The Kier molecular flexibility index (Phi) is 6.12. The third kappa shape index (κ3) is 4.07. The third-order valence-corrected chi connectivity index (χ3v) is 3.08. The third-order valence-electron chi connectivity index (χ3n) is 3.08. The molecule has 0 spiro atoms. The standard InChI is InChI=1S/C13H24O4/c1-9(2)6-10-7-11(15-4)13(16-5)12(17-10)8-14-3/h10-13H,1,6-8H2,2-5H3/t10-,11+,12+,13-/m0/s1. The van der Waals surface area contributed by atoms with Crippen molar-refractivity contribution < 1.29 is 18.9 Å². The van der Waals surface area contributed by atoms with Gasteiger partial charge in [0.05, 0.1) is 18.8 Å². The van der Waals surface area contributed by atoms with E-state index in [1.807, 2.05) is 6.92 Å². The molecule has 0 bridgehead atoms. The lowest BCUT2D eigenvalue weighted by Crippen LogP contribution is -2.51. The maximum Gasteiger partial charge on any atom is 0.112 e. The summed E-state index contributed by atoms with van der Waals surface area (Å²) >= 11 is 0. The number of ether oxygens (including phenoxy) is 4. The SMILES string of the molecule is C=C(C)C[C@H]1C[C@@H](OC)[C@H](OC)[C@@H](COC)O1. The summed E-state index contributed by atoms with van der Waals surface area (Å²) < 4.78 is 22.1. The predicted molar refractivity (Wildman–Crippen MR) is 66.2 cm³/mol. The molecule has 17 heavy (non-hydrogen) atoms. The quantitative estimate of drug-likeness (QED) is 0.667. The fraction of sp³-hybridized carbons (Fsp3) is 0.846. The van der Waals surface area contributed by atoms with Gasteiger partial charge in [-0.25, -0.2) is 0 Å². The molecule has 0 radical (unpaired) electrons. The summed E-state index contributed by atoms with van der Waals surface area (Å²) in [5, 5.41) is 0. The maximum atomic E-state index is 5.98. The normalized spacial score (nSPS) is 33.6. The highest BCUT2D eigenvalue weighted by molar-refractivity contribution is 4.96. The van der Waals surface area contributed by atoms with E-state index >= 15 is 0 Å². The Bertz CT molecular complexity index is 242. The molecule has 0 unspecified atom stereocenters. The lowest BCUT2D eigenvalue weighted by Gasteiger charge is -2.40. The number of rotatable bonds is 6. The molecule has 0 saturated carbocycles. The van der Waals surface area contributed by atoms with Crippen LogP contribution in [0.2, 0.25) is 0 Å². The average molecular weight is 244 g/mol. The van der Waals surface area contributed by atoms with Gasteiger partial charge in [-0.3, -0.25) is 0 Å². The van der Waals surface area contributed by atoms with E-state index in [0.29, 0.717) is 6.61 Å². The van der Waals surface area contributed by atoms with Gasteiger partial charge in [0.15, 0.2) is 0 Å². The topological polar surface area (TPSA) is 36.9 Å². The average Bonchev–Trinajstić information content (AvgIpc) is 2.28. The van der Waals surface area contributed by atoms with Crippen LogP contribution < -0.4 is 0 Å². The zero-order valence-electron chi connectivity index (χ0n) is 11.3. The summed E-state index contributed by atoms with van der Waals surface area (Å²) in [5.74, 6) is 0. The molecule has 0 N–H and O–H groups in total. The Morgan fingerprint density at radius 1 is 1.29 bits per heavy atom. The monoisotopic (exact) mass is 244 g/mol. The molecule has 1 fully saturated rings. The highest BCUT2D eigenvalue weighted by atomic mass is 16.6. The summed E-state index contributed by atoms with van der Waals surface area (Å²) in [7, 11) is 5.06. The van der Waals surface area contributed by atoms with Crippen molar-refractivity contribution in [1.82, 2.24) is 0 Å². The molecule has 0 aromatic carbocycles. The van der Waals surface area contributed by atoms with E-state index in [1.54, 1.807) is 21.3 Å². The molecule has 1 rings (SSSR count). The second-order valence-electron chi connectivity index (χ2n) is 4.62. The number of hydrogen-bond acceptors (Lipinski definition) is 4. The first-order valence-electron chi connectivity index (χ1n) is 5.96. The molecule has 0 aliphatic carbocycles. The molecule has 4 heteroatoms. The predicted octanol–water partition coefficient (Wildman–Crippen LogP) is 1.79. The van der Waals surface area contributed by atoms with Crippen molar-refractivity contribution in [1.29, 1.82) is 0 Å². The van der Waals surface area contributed by atoms with Gasteiger partial charge in [-0.1, -0.05) is 5.57 Å². The van der Waals surface area contributed by atoms with Gasteiger partial charge in [0.1, 0.15) is 12.2 Å². The molecule has 1 heterocycles. The highest BCUT2D eigenvalue weighted by Crippen LogP contribution is 2.27. The van der Waals surface area contributed by atoms with Crippen LogP contribution in [0.25, 0.3) is 0 Å². The largest absolute Gasteiger partial charge is 0.382 e. The van der Waals surface area contributed by atoms with Gasteiger partial charge in [0, 0.05) is 27.8 Å². The lowest BCUT2D eigenvalue weighted by atomic mass is 9.94. The van der Waals surface area contributed by atoms with Crippen LogP contribution in [-0.2, 0) is 18.9 Å². The Hall–Kier alpha value is -0.420. The molecule has 100 valence electrons. The van der Waals surface area contributed by atoms with Gasteiger partial charge in [0.2, 0.25) is 0 Å². The molecular weight excluding hydrogens is 220 g/mol. The van der Waals surface area contributed by atoms with Crippen molar-refractivity contribution in [3.05, 3.63) is 12.2 Å². The van der Waals surface area contributed by atoms with Gasteiger partial charge in [0.25, 0.3) is 0 Å². The Morgan fingerprint density at radius 3 is 2.47 bits per heavy atom. The van der Waals surface area contributed by atoms with Crippen LogP contribution in [0.3, 0.4) is 0 Å². The van der Waals surface area contributed by atoms with Crippen molar-refractivity contribution in [3.8, 4) is 0 Å². The molecule has 0 aromatic heterocycles. The molecular formula is C13H24O4. The van der Waals surface area contributed by atoms with E-state index in [9.17, 15) is 0 Å². The smallest absolute Gasteiger partial charge is 0.112 e. The second kappa shape index (κ2) is 7.11. The minimum atomic E-state index is -0.0759. The van der Waals surface area contributed by atoms with E-state index in [1.165, 1.54) is 0 Å². The van der Waals surface area contributed by atoms with Crippen molar-refractivity contribution in [2.75, 3.05) is 27.9 Å². The van der Waals surface area contributed by atoms with Crippen LogP contribution >= 0.6 is 0 Å². The van der Waals surface area contributed by atoms with Crippen molar-refractivity contribution in [2.24, 2.45) is 0 Å². The summed E-state index contributed by atoms with van der Waals surface area (Å²) in [4.78, 5) is 0. The van der Waals surface area contributed by atoms with Crippen LogP contribution in [0, 0.1) is 0 Å². The van der Waals surface area contributed by atoms with Gasteiger partial charge < -0.3 is 18.9 Å². The summed E-state index contributed by atoms with van der Waals surface area (Å²) in [5.41, 5.74) is 1.12. The zero-order valence-corrected chi connectivity index (χ0v) is 11.3. The summed E-state index contributed by atoms with van der Waals surface area (Å²) in [6.45, 7) is 6.46. The van der Waals surface area contributed by atoms with E-state index < -0.39 is 0 Å². The van der Waals surface area contributed by atoms with Crippen LogP contribution in [-0.4, -0.2) is 52.4 Å². The molecule has 0 amide bonds. The number of methoxy groups -OCH3 is 3. The fourth-order valence-corrected chi connectivity index (χ4v) is 2.37. The molecule has 1 aliphatic heterocycles. The van der Waals surface area contributed by atoms with Gasteiger partial charge in [-0.2, -0.15) is 0 Å². The van der Waals surface area contributed by atoms with E-state index in [2.05, 4.69) is 6.58 Å². The van der Waals surface area contributed by atoms with Crippen LogP contribution in [0.5, 0.6) is 0 Å². The van der Waals surface area contributed by atoms with Crippen molar-refractivity contribution in [3.63, 3.8) is 0 Å². The molecule has 4 atom stereocenters. The maximum absolute atomic E-state index is 5.98. The highest BCUT2D eigenvalue weighted by Gasteiger charge is 2.39. The Labute approximate surface area is 104 Å². The first-order chi connectivity index (χ1) is 8.12. The van der Waals surface area contributed by atoms with E-state index in [0.717, 1.165) is 18.4 Å². The molecule has 1 saturated heterocycles. The minimum absolute atomic E-state index is 0.0539. The summed E-state index contributed by atoms with van der Waals surface area (Å²) in [6, 6.07) is 0. The fourth-order valence-electron chi connectivity index (χ4n) is 2.37. The Morgan fingerprint density at radius 2 is 2.00 bits per heavy atom. The van der Waals surface area contributed by atoms with E-state index in [-0.39, 0.29) is 24.4 Å². The van der Waals surface area contributed by atoms with Crippen molar-refractivity contribution in [2.45, 2.75) is 44.2 Å². The Balaban J connectivity index is 2.67. The van der Waals surface area contributed by atoms with E-state index in [4.69, 9.17) is 18.9 Å². The first kappa shape index (κ1) is 14.6. The van der Waals surface area contributed by atoms with Crippen molar-refractivity contribution >= 4 is 0 Å². The first-order valence-corrected chi connectivity index (χ1v) is 5.96. The van der Waals surface area contributed by atoms with Crippen LogP contribution in [0.4, 0.5) is 0 Å². The van der Waals surface area contributed by atoms with Gasteiger partial charge >= 0.3 is 0 Å². The molecule has 4 nitrogen and oxygen atoms in total. The van der Waals surface area contributed by atoms with Gasteiger partial charge in [-0.05, 0) is 13.3 Å². The molecule has 1 aliphatic rings. The van der Waals surface area contributed by atoms with Crippen LogP contribution in [0.1, 0.15) is 19.8 Å². The lowest BCUT2D eigenvalue weighted by molar-refractivity contribution is -0.198. The van der Waals surface area contributed by atoms with Crippen LogP contribution in [0.15, 0.2) is 12.2 Å². The molecule has 0 aromatic rings. The minimum Gasteiger partial charge on any atom is -0.382 e. The zero-order chi connectivity index (χ0) is 12.8. The summed E-state index contributed by atoms with van der Waals surface area (Å²) in [6.07, 6.45) is 1.75. The number of hydrogen-bond donors (Lipinski definition) is 0. The van der Waals surface area contributed by atoms with Gasteiger partial charge in [-0.15, -0.1) is 6.58 Å².